The van der Waals surface area contributed by atoms with Crippen molar-refractivity contribution in [3.63, 3.8) is 0 Å². The maximum Gasteiger partial charge on any atom is 0.161 e. The van der Waals surface area contributed by atoms with E-state index in [0.29, 0.717) is 11.2 Å². The number of hydrogen-bond donors (Lipinski definition) is 0. The van der Waals surface area contributed by atoms with Crippen LogP contribution in [-0.4, -0.2) is 14.5 Å². The SMILES string of the molecule is CCc1nc2ccc(Cl)nc2n1C(C)C. The van der Waals surface area contributed by atoms with Gasteiger partial charge in [-0.15, -0.1) is 0 Å². The Hall–Kier alpha value is -1.09. The van der Waals surface area contributed by atoms with Crippen LogP contribution in [0.2, 0.25) is 5.15 Å². The first-order valence-electron chi connectivity index (χ1n) is 5.16. The Morgan fingerprint density at radius 1 is 1.33 bits per heavy atom. The van der Waals surface area contributed by atoms with Crippen molar-refractivity contribution in [1.29, 1.82) is 0 Å². The van der Waals surface area contributed by atoms with E-state index in [1.807, 2.05) is 6.07 Å². The third-order valence-corrected chi connectivity index (χ3v) is 2.62. The topological polar surface area (TPSA) is 30.7 Å². The van der Waals surface area contributed by atoms with E-state index in [2.05, 4.69) is 35.3 Å². The molecule has 0 saturated heterocycles. The van der Waals surface area contributed by atoms with Crippen LogP contribution in [0, 0.1) is 0 Å². The van der Waals surface area contributed by atoms with Gasteiger partial charge in [0.2, 0.25) is 0 Å². The van der Waals surface area contributed by atoms with Gasteiger partial charge in [0.25, 0.3) is 0 Å². The molecule has 0 bridgehead atoms. The minimum absolute atomic E-state index is 0.357. The highest BCUT2D eigenvalue weighted by Gasteiger charge is 2.12. The van der Waals surface area contributed by atoms with Crippen molar-refractivity contribution in [3.05, 3.63) is 23.1 Å². The summed E-state index contributed by atoms with van der Waals surface area (Å²) < 4.78 is 2.14. The molecule has 0 fully saturated rings. The smallest absolute Gasteiger partial charge is 0.161 e. The summed E-state index contributed by atoms with van der Waals surface area (Å²) in [7, 11) is 0. The van der Waals surface area contributed by atoms with Crippen LogP contribution in [-0.2, 0) is 6.42 Å². The van der Waals surface area contributed by atoms with Crippen molar-refractivity contribution in [2.45, 2.75) is 33.2 Å². The fourth-order valence-electron chi connectivity index (χ4n) is 1.79. The molecular weight excluding hydrogens is 210 g/mol. The van der Waals surface area contributed by atoms with Crippen molar-refractivity contribution in [3.8, 4) is 0 Å². The highest BCUT2D eigenvalue weighted by atomic mass is 35.5. The zero-order valence-electron chi connectivity index (χ0n) is 9.16. The summed E-state index contributed by atoms with van der Waals surface area (Å²) in [6, 6.07) is 4.06. The van der Waals surface area contributed by atoms with Gasteiger partial charge in [0, 0.05) is 12.5 Å². The second-order valence-corrected chi connectivity index (χ2v) is 4.21. The molecule has 2 rings (SSSR count). The number of nitrogens with zero attached hydrogens (tertiary/aromatic N) is 3. The molecule has 2 aromatic rings. The van der Waals surface area contributed by atoms with Gasteiger partial charge in [-0.3, -0.25) is 0 Å². The maximum atomic E-state index is 5.90. The molecule has 0 amide bonds. The summed E-state index contributed by atoms with van der Waals surface area (Å²) in [5.41, 5.74) is 1.80. The zero-order chi connectivity index (χ0) is 11.0. The average Bonchev–Trinajstić information content (AvgIpc) is 2.55. The minimum atomic E-state index is 0.357. The quantitative estimate of drug-likeness (QED) is 0.732. The van der Waals surface area contributed by atoms with Gasteiger partial charge in [-0.1, -0.05) is 18.5 Å². The summed E-state index contributed by atoms with van der Waals surface area (Å²) in [4.78, 5) is 8.87. The Kier molecular flexibility index (Phi) is 2.65. The van der Waals surface area contributed by atoms with Crippen LogP contribution < -0.4 is 0 Å². The molecule has 0 spiro atoms. The molecule has 4 heteroatoms. The lowest BCUT2D eigenvalue weighted by Crippen LogP contribution is -2.06. The third-order valence-electron chi connectivity index (χ3n) is 2.41. The van der Waals surface area contributed by atoms with Crippen LogP contribution in [0.3, 0.4) is 0 Å². The number of halogens is 1. The molecule has 0 radical (unpaired) electrons. The maximum absolute atomic E-state index is 5.90. The van der Waals surface area contributed by atoms with E-state index in [1.165, 1.54) is 0 Å². The molecule has 2 aromatic heterocycles. The summed E-state index contributed by atoms with van der Waals surface area (Å²) in [5, 5.41) is 0.520. The van der Waals surface area contributed by atoms with Crippen LogP contribution in [0.25, 0.3) is 11.2 Å². The molecular formula is C11H14ClN3. The number of rotatable bonds is 2. The van der Waals surface area contributed by atoms with E-state index in [0.717, 1.165) is 23.4 Å². The molecule has 0 aliphatic heterocycles. The summed E-state index contributed by atoms with van der Waals surface area (Å²) in [5.74, 6) is 1.06. The van der Waals surface area contributed by atoms with E-state index < -0.39 is 0 Å². The summed E-state index contributed by atoms with van der Waals surface area (Å²) >= 11 is 5.90. The molecule has 3 nitrogen and oxygen atoms in total. The van der Waals surface area contributed by atoms with E-state index in [1.54, 1.807) is 6.07 Å². The Bertz CT molecular complexity index is 488. The van der Waals surface area contributed by atoms with Crippen LogP contribution in [0.1, 0.15) is 32.6 Å². The molecule has 0 N–H and O–H groups in total. The first kappa shape index (κ1) is 10.4. The van der Waals surface area contributed by atoms with Gasteiger partial charge in [-0.05, 0) is 26.0 Å². The van der Waals surface area contributed by atoms with Gasteiger partial charge in [0.15, 0.2) is 5.65 Å². The van der Waals surface area contributed by atoms with Gasteiger partial charge >= 0.3 is 0 Å². The number of hydrogen-bond acceptors (Lipinski definition) is 2. The van der Waals surface area contributed by atoms with Gasteiger partial charge in [-0.2, -0.15) is 0 Å². The molecule has 0 saturated carbocycles. The Balaban J connectivity index is 2.76. The number of imidazole rings is 1. The van der Waals surface area contributed by atoms with Crippen molar-refractivity contribution < 1.29 is 0 Å². The number of pyridine rings is 1. The largest absolute Gasteiger partial charge is 0.310 e. The lowest BCUT2D eigenvalue weighted by atomic mass is 10.3. The van der Waals surface area contributed by atoms with E-state index in [-0.39, 0.29) is 0 Å². The lowest BCUT2D eigenvalue weighted by Gasteiger charge is -2.10. The second-order valence-electron chi connectivity index (χ2n) is 3.82. The van der Waals surface area contributed by atoms with Crippen molar-refractivity contribution in [2.75, 3.05) is 0 Å². The standard InChI is InChI=1S/C11H14ClN3/c1-4-10-13-8-5-6-9(12)14-11(8)15(10)7(2)3/h5-7H,4H2,1-3H3. The van der Waals surface area contributed by atoms with Crippen LogP contribution in [0.15, 0.2) is 12.1 Å². The highest BCUT2D eigenvalue weighted by Crippen LogP contribution is 2.21. The summed E-state index contributed by atoms with van der Waals surface area (Å²) in [6.07, 6.45) is 0.909. The molecule has 0 atom stereocenters. The Morgan fingerprint density at radius 3 is 2.67 bits per heavy atom. The van der Waals surface area contributed by atoms with Gasteiger partial charge < -0.3 is 4.57 Å². The van der Waals surface area contributed by atoms with Gasteiger partial charge in [0.1, 0.15) is 16.5 Å². The average molecular weight is 224 g/mol. The fraction of sp³-hybridized carbons (Fsp3) is 0.455. The van der Waals surface area contributed by atoms with Crippen molar-refractivity contribution in [1.82, 2.24) is 14.5 Å². The predicted octanol–water partition coefficient (Wildman–Crippen LogP) is 3.23. The van der Waals surface area contributed by atoms with E-state index in [4.69, 9.17) is 11.6 Å². The molecule has 0 aromatic carbocycles. The lowest BCUT2D eigenvalue weighted by molar-refractivity contribution is 0.584. The molecule has 2 heterocycles. The Labute approximate surface area is 94.1 Å². The van der Waals surface area contributed by atoms with E-state index in [9.17, 15) is 0 Å². The highest BCUT2D eigenvalue weighted by molar-refractivity contribution is 6.29. The van der Waals surface area contributed by atoms with Crippen LogP contribution in [0.5, 0.6) is 0 Å². The molecule has 80 valence electrons. The molecule has 0 aliphatic rings. The first-order chi connectivity index (χ1) is 7.13. The normalized spacial score (nSPS) is 11.5. The fourth-order valence-corrected chi connectivity index (χ4v) is 1.93. The van der Waals surface area contributed by atoms with Crippen molar-refractivity contribution in [2.24, 2.45) is 0 Å². The number of fused-ring (bicyclic) bond motifs is 1. The van der Waals surface area contributed by atoms with E-state index >= 15 is 0 Å². The zero-order valence-corrected chi connectivity index (χ0v) is 9.91. The van der Waals surface area contributed by atoms with Crippen molar-refractivity contribution >= 4 is 22.8 Å². The van der Waals surface area contributed by atoms with Gasteiger partial charge in [0.05, 0.1) is 0 Å². The Morgan fingerprint density at radius 2 is 2.07 bits per heavy atom. The third kappa shape index (κ3) is 1.72. The number of aryl methyl sites for hydroxylation is 1. The van der Waals surface area contributed by atoms with Crippen LogP contribution in [0.4, 0.5) is 0 Å². The minimum Gasteiger partial charge on any atom is -0.310 e. The van der Waals surface area contributed by atoms with Gasteiger partial charge in [-0.25, -0.2) is 9.97 Å². The first-order valence-corrected chi connectivity index (χ1v) is 5.54. The number of aromatic nitrogens is 3. The molecule has 0 unspecified atom stereocenters. The molecule has 0 aliphatic carbocycles. The second kappa shape index (κ2) is 3.81. The van der Waals surface area contributed by atoms with Crippen LogP contribution >= 0.6 is 11.6 Å². The predicted molar refractivity (Wildman–Crippen MR) is 62.3 cm³/mol. The molecule has 15 heavy (non-hydrogen) atoms. The monoisotopic (exact) mass is 223 g/mol. The summed E-state index contributed by atoms with van der Waals surface area (Å²) in [6.45, 7) is 6.35.